The fourth-order valence-corrected chi connectivity index (χ4v) is 2.26. The van der Waals surface area contributed by atoms with Gasteiger partial charge in [-0.1, -0.05) is 30.3 Å². The third-order valence-corrected chi connectivity index (χ3v) is 3.86. The molecule has 0 aliphatic rings. The summed E-state index contributed by atoms with van der Waals surface area (Å²) in [4.78, 5) is 0. The molecule has 2 rings (SSSR count). The van der Waals surface area contributed by atoms with Crippen LogP contribution in [0.25, 0.3) is 10.8 Å². The number of nitrogens with one attached hydrogen (secondary N) is 1. The molecule has 3 nitrogen and oxygen atoms in total. The number of rotatable bonds is 7. The predicted octanol–water partition coefficient (Wildman–Crippen LogP) is 3.89. The highest BCUT2D eigenvalue weighted by Gasteiger charge is 2.19. The van der Waals surface area contributed by atoms with Gasteiger partial charge in [0.1, 0.15) is 11.3 Å². The first-order chi connectivity index (χ1) is 10.2. The predicted molar refractivity (Wildman–Crippen MR) is 86.4 cm³/mol. The molecular formula is C18H22N2O. The van der Waals surface area contributed by atoms with Crippen LogP contribution in [0.4, 0.5) is 0 Å². The highest BCUT2D eigenvalue weighted by Crippen LogP contribution is 2.21. The van der Waals surface area contributed by atoms with Gasteiger partial charge in [0.15, 0.2) is 0 Å². The van der Waals surface area contributed by atoms with E-state index in [1.165, 1.54) is 10.8 Å². The average Bonchev–Trinajstić information content (AvgIpc) is 2.54. The van der Waals surface area contributed by atoms with E-state index < -0.39 is 5.54 Å². The second-order valence-electron chi connectivity index (χ2n) is 5.51. The standard InChI is InChI=1S/C18H22N2O/c1-18(14-19,20-2)11-5-6-12-21-17-10-9-15-7-3-4-8-16(15)13-17/h3-4,7-10,13,20H,5-6,11-12H2,1-2H3. The smallest absolute Gasteiger partial charge is 0.119 e. The van der Waals surface area contributed by atoms with Crippen molar-refractivity contribution in [3.05, 3.63) is 42.5 Å². The summed E-state index contributed by atoms with van der Waals surface area (Å²) in [6.45, 7) is 2.61. The molecule has 1 unspecified atom stereocenters. The van der Waals surface area contributed by atoms with Gasteiger partial charge in [0.25, 0.3) is 0 Å². The average molecular weight is 282 g/mol. The monoisotopic (exact) mass is 282 g/mol. The van der Waals surface area contributed by atoms with Crippen molar-refractivity contribution in [3.8, 4) is 11.8 Å². The van der Waals surface area contributed by atoms with Gasteiger partial charge in [0, 0.05) is 0 Å². The van der Waals surface area contributed by atoms with E-state index in [-0.39, 0.29) is 0 Å². The van der Waals surface area contributed by atoms with E-state index in [2.05, 4.69) is 35.7 Å². The van der Waals surface area contributed by atoms with Crippen LogP contribution in [-0.2, 0) is 0 Å². The van der Waals surface area contributed by atoms with Crippen molar-refractivity contribution in [3.63, 3.8) is 0 Å². The minimum absolute atomic E-state index is 0.428. The molecule has 0 fully saturated rings. The largest absolute Gasteiger partial charge is 0.494 e. The highest BCUT2D eigenvalue weighted by molar-refractivity contribution is 5.83. The number of fused-ring (bicyclic) bond motifs is 1. The summed E-state index contributed by atoms with van der Waals surface area (Å²) < 4.78 is 5.79. The topological polar surface area (TPSA) is 45.0 Å². The van der Waals surface area contributed by atoms with E-state index in [0.717, 1.165) is 25.0 Å². The van der Waals surface area contributed by atoms with Crippen LogP contribution in [0.2, 0.25) is 0 Å². The van der Waals surface area contributed by atoms with Crippen LogP contribution in [0.5, 0.6) is 5.75 Å². The molecular weight excluding hydrogens is 260 g/mol. The quantitative estimate of drug-likeness (QED) is 0.784. The Bertz CT molecular complexity index is 632. The van der Waals surface area contributed by atoms with Crippen molar-refractivity contribution < 1.29 is 4.74 Å². The molecule has 1 N–H and O–H groups in total. The van der Waals surface area contributed by atoms with Crippen LogP contribution < -0.4 is 10.1 Å². The lowest BCUT2D eigenvalue weighted by Crippen LogP contribution is -2.37. The Labute approximate surface area is 126 Å². The molecule has 0 aliphatic heterocycles. The molecule has 1 atom stereocenters. The Balaban J connectivity index is 1.79. The molecule has 2 aromatic carbocycles. The van der Waals surface area contributed by atoms with Gasteiger partial charge in [-0.3, -0.25) is 0 Å². The van der Waals surface area contributed by atoms with E-state index >= 15 is 0 Å². The second kappa shape index (κ2) is 7.10. The van der Waals surface area contributed by atoms with E-state index in [1.54, 1.807) is 0 Å². The molecule has 0 aromatic heterocycles. The third-order valence-electron chi connectivity index (χ3n) is 3.86. The minimum Gasteiger partial charge on any atom is -0.494 e. The van der Waals surface area contributed by atoms with Crippen molar-refractivity contribution in [1.82, 2.24) is 5.32 Å². The SMILES string of the molecule is CNC(C)(C#N)CCCCOc1ccc2ccccc2c1. The van der Waals surface area contributed by atoms with E-state index in [1.807, 2.05) is 32.2 Å². The molecule has 0 radical (unpaired) electrons. The summed E-state index contributed by atoms with van der Waals surface area (Å²) in [5.74, 6) is 0.908. The lowest BCUT2D eigenvalue weighted by Gasteiger charge is -2.20. The zero-order valence-electron chi connectivity index (χ0n) is 12.7. The van der Waals surface area contributed by atoms with Gasteiger partial charge in [-0.15, -0.1) is 0 Å². The third kappa shape index (κ3) is 4.21. The molecule has 110 valence electrons. The fraction of sp³-hybridized carbons (Fsp3) is 0.389. The highest BCUT2D eigenvalue weighted by atomic mass is 16.5. The Morgan fingerprint density at radius 3 is 2.62 bits per heavy atom. The second-order valence-corrected chi connectivity index (χ2v) is 5.51. The Morgan fingerprint density at radius 2 is 1.90 bits per heavy atom. The van der Waals surface area contributed by atoms with Crippen molar-refractivity contribution in [2.24, 2.45) is 0 Å². The van der Waals surface area contributed by atoms with Crippen molar-refractivity contribution >= 4 is 10.8 Å². The first-order valence-corrected chi connectivity index (χ1v) is 7.39. The maximum atomic E-state index is 9.08. The number of ether oxygens (including phenoxy) is 1. The van der Waals surface area contributed by atoms with Gasteiger partial charge in [-0.25, -0.2) is 0 Å². The summed E-state index contributed by atoms with van der Waals surface area (Å²) in [6.07, 6.45) is 2.76. The minimum atomic E-state index is -0.428. The number of nitriles is 1. The normalized spacial score (nSPS) is 13.6. The molecule has 0 bridgehead atoms. The van der Waals surface area contributed by atoms with Gasteiger partial charge < -0.3 is 10.1 Å². The molecule has 0 saturated heterocycles. The molecule has 2 aromatic rings. The maximum absolute atomic E-state index is 9.08. The van der Waals surface area contributed by atoms with Gasteiger partial charge >= 0.3 is 0 Å². The van der Waals surface area contributed by atoms with E-state index in [9.17, 15) is 0 Å². The van der Waals surface area contributed by atoms with Gasteiger partial charge in [0.2, 0.25) is 0 Å². The number of hydrogen-bond acceptors (Lipinski definition) is 3. The Morgan fingerprint density at radius 1 is 1.14 bits per heavy atom. The van der Waals surface area contributed by atoms with E-state index in [0.29, 0.717) is 6.61 Å². The lowest BCUT2D eigenvalue weighted by atomic mass is 9.97. The van der Waals surface area contributed by atoms with Crippen molar-refractivity contribution in [2.45, 2.75) is 31.7 Å². The molecule has 3 heteroatoms. The lowest BCUT2D eigenvalue weighted by molar-refractivity contribution is 0.297. The Kier molecular flexibility index (Phi) is 5.19. The van der Waals surface area contributed by atoms with E-state index in [4.69, 9.17) is 10.00 Å². The molecule has 0 heterocycles. The van der Waals surface area contributed by atoms with Crippen LogP contribution in [0.3, 0.4) is 0 Å². The molecule has 0 aliphatic carbocycles. The van der Waals surface area contributed by atoms with Crippen LogP contribution in [-0.4, -0.2) is 19.2 Å². The molecule has 21 heavy (non-hydrogen) atoms. The van der Waals surface area contributed by atoms with Crippen LogP contribution in [0, 0.1) is 11.3 Å². The summed E-state index contributed by atoms with van der Waals surface area (Å²) in [5.41, 5.74) is -0.428. The van der Waals surface area contributed by atoms with Crippen molar-refractivity contribution in [2.75, 3.05) is 13.7 Å². The number of nitrogens with zero attached hydrogens (tertiary/aromatic N) is 1. The summed E-state index contributed by atoms with van der Waals surface area (Å²) in [5, 5.41) is 14.6. The molecule has 0 amide bonds. The van der Waals surface area contributed by atoms with Crippen LogP contribution in [0.15, 0.2) is 42.5 Å². The summed E-state index contributed by atoms with van der Waals surface area (Å²) in [7, 11) is 1.83. The molecule has 0 spiro atoms. The first kappa shape index (κ1) is 15.3. The van der Waals surface area contributed by atoms with Crippen molar-refractivity contribution in [1.29, 1.82) is 5.26 Å². The first-order valence-electron chi connectivity index (χ1n) is 7.39. The summed E-state index contributed by atoms with van der Waals surface area (Å²) >= 11 is 0. The van der Waals surface area contributed by atoms with Crippen LogP contribution >= 0.6 is 0 Å². The zero-order chi connectivity index (χ0) is 15.1. The number of benzene rings is 2. The van der Waals surface area contributed by atoms with Gasteiger partial charge in [0.05, 0.1) is 12.7 Å². The molecule has 0 saturated carbocycles. The summed E-state index contributed by atoms with van der Waals surface area (Å²) in [6, 6.07) is 16.7. The zero-order valence-corrected chi connectivity index (χ0v) is 12.7. The van der Waals surface area contributed by atoms with Crippen LogP contribution in [0.1, 0.15) is 26.2 Å². The maximum Gasteiger partial charge on any atom is 0.119 e. The fourth-order valence-electron chi connectivity index (χ4n) is 2.26. The Hall–Kier alpha value is -2.05. The number of unbranched alkanes of at least 4 members (excludes halogenated alkanes) is 1. The van der Waals surface area contributed by atoms with Gasteiger partial charge in [-0.2, -0.15) is 5.26 Å². The van der Waals surface area contributed by atoms with Gasteiger partial charge in [-0.05, 0) is 56.1 Å². The number of hydrogen-bond donors (Lipinski definition) is 1.